The highest BCUT2D eigenvalue weighted by Crippen LogP contribution is 2.27. The van der Waals surface area contributed by atoms with Crippen molar-refractivity contribution in [2.45, 2.75) is 38.7 Å². The molecule has 1 aromatic carbocycles. The number of rotatable bonds is 7. The lowest BCUT2D eigenvalue weighted by Crippen LogP contribution is -2.08. The summed E-state index contributed by atoms with van der Waals surface area (Å²) in [7, 11) is 0. The Morgan fingerprint density at radius 1 is 1.53 bits per heavy atom. The zero-order chi connectivity index (χ0) is 14.3. The SMILES string of the molecule is CCCCOC(=O)CCC(O)c1ccc(Cl)c(Br)c1. The van der Waals surface area contributed by atoms with Gasteiger partial charge in [-0.05, 0) is 46.5 Å². The molecule has 0 radical (unpaired) electrons. The second kappa shape index (κ2) is 8.56. The number of halogens is 2. The molecule has 0 saturated carbocycles. The summed E-state index contributed by atoms with van der Waals surface area (Å²) >= 11 is 9.18. The molecule has 106 valence electrons. The average molecular weight is 350 g/mol. The summed E-state index contributed by atoms with van der Waals surface area (Å²) in [4.78, 5) is 11.4. The second-order valence-electron chi connectivity index (χ2n) is 4.30. The Labute approximate surface area is 127 Å². The number of aliphatic hydroxyl groups is 1. The molecule has 0 aromatic heterocycles. The first-order valence-electron chi connectivity index (χ1n) is 6.33. The molecule has 0 fully saturated rings. The number of hydrogen-bond acceptors (Lipinski definition) is 3. The number of benzene rings is 1. The fourth-order valence-electron chi connectivity index (χ4n) is 1.54. The molecule has 0 aliphatic carbocycles. The first kappa shape index (κ1) is 16.5. The minimum atomic E-state index is -0.688. The molecular formula is C14H18BrClO3. The van der Waals surface area contributed by atoms with Crippen LogP contribution < -0.4 is 0 Å². The van der Waals surface area contributed by atoms with Gasteiger partial charge >= 0.3 is 5.97 Å². The summed E-state index contributed by atoms with van der Waals surface area (Å²) in [5.41, 5.74) is 0.734. The fourth-order valence-corrected chi connectivity index (χ4v) is 2.06. The molecule has 1 atom stereocenters. The zero-order valence-corrected chi connectivity index (χ0v) is 13.2. The van der Waals surface area contributed by atoms with E-state index in [-0.39, 0.29) is 12.4 Å². The lowest BCUT2D eigenvalue weighted by Gasteiger charge is -2.11. The van der Waals surface area contributed by atoms with Gasteiger partial charge in [0.25, 0.3) is 0 Å². The van der Waals surface area contributed by atoms with Crippen LogP contribution in [0.5, 0.6) is 0 Å². The standard InChI is InChI=1S/C14H18BrClO3/c1-2-3-8-19-14(18)7-6-13(17)10-4-5-12(16)11(15)9-10/h4-5,9,13,17H,2-3,6-8H2,1H3. The normalized spacial score (nSPS) is 12.2. The summed E-state index contributed by atoms with van der Waals surface area (Å²) in [5.74, 6) is -0.263. The van der Waals surface area contributed by atoms with Crippen LogP contribution in [0.2, 0.25) is 5.02 Å². The van der Waals surface area contributed by atoms with Crippen LogP contribution in [-0.4, -0.2) is 17.7 Å². The molecule has 1 rings (SSSR count). The molecule has 1 N–H and O–H groups in total. The van der Waals surface area contributed by atoms with E-state index in [1.165, 1.54) is 0 Å². The van der Waals surface area contributed by atoms with E-state index in [1.54, 1.807) is 18.2 Å². The van der Waals surface area contributed by atoms with E-state index < -0.39 is 6.10 Å². The maximum Gasteiger partial charge on any atom is 0.305 e. The summed E-state index contributed by atoms with van der Waals surface area (Å²) in [6.07, 6.45) is 1.74. The third-order valence-electron chi connectivity index (χ3n) is 2.71. The number of carbonyl (C=O) groups is 1. The molecule has 0 amide bonds. The Hall–Kier alpha value is -0.580. The summed E-state index contributed by atoms with van der Waals surface area (Å²) in [6.45, 7) is 2.49. The van der Waals surface area contributed by atoms with E-state index in [9.17, 15) is 9.90 Å². The number of aliphatic hydroxyl groups excluding tert-OH is 1. The van der Waals surface area contributed by atoms with Crippen molar-refractivity contribution in [1.29, 1.82) is 0 Å². The molecule has 0 saturated heterocycles. The fraction of sp³-hybridized carbons (Fsp3) is 0.500. The molecule has 0 spiro atoms. The van der Waals surface area contributed by atoms with Crippen molar-refractivity contribution in [3.05, 3.63) is 33.3 Å². The van der Waals surface area contributed by atoms with E-state index in [0.717, 1.165) is 22.9 Å². The molecule has 0 aliphatic heterocycles. The third kappa shape index (κ3) is 5.93. The van der Waals surface area contributed by atoms with E-state index in [2.05, 4.69) is 15.9 Å². The highest BCUT2D eigenvalue weighted by molar-refractivity contribution is 9.10. The molecule has 5 heteroatoms. The molecule has 0 bridgehead atoms. The first-order valence-corrected chi connectivity index (χ1v) is 7.50. The maximum atomic E-state index is 11.4. The summed E-state index contributed by atoms with van der Waals surface area (Å²) in [6, 6.07) is 5.22. The van der Waals surface area contributed by atoms with Crippen LogP contribution in [0.4, 0.5) is 0 Å². The van der Waals surface area contributed by atoms with Crippen LogP contribution >= 0.6 is 27.5 Å². The minimum Gasteiger partial charge on any atom is -0.466 e. The number of unbranched alkanes of at least 4 members (excludes halogenated alkanes) is 1. The van der Waals surface area contributed by atoms with Crippen molar-refractivity contribution in [3.8, 4) is 0 Å². The lowest BCUT2D eigenvalue weighted by atomic mass is 10.1. The Balaban J connectivity index is 2.40. The minimum absolute atomic E-state index is 0.213. The van der Waals surface area contributed by atoms with E-state index in [0.29, 0.717) is 18.1 Å². The van der Waals surface area contributed by atoms with Crippen LogP contribution in [0, 0.1) is 0 Å². The van der Waals surface area contributed by atoms with Crippen molar-refractivity contribution in [3.63, 3.8) is 0 Å². The van der Waals surface area contributed by atoms with Gasteiger partial charge in [0, 0.05) is 10.9 Å². The number of ether oxygens (including phenoxy) is 1. The average Bonchev–Trinajstić information content (AvgIpc) is 2.39. The van der Waals surface area contributed by atoms with Gasteiger partial charge in [0.15, 0.2) is 0 Å². The Bertz CT molecular complexity index is 423. The number of esters is 1. The second-order valence-corrected chi connectivity index (χ2v) is 5.56. The van der Waals surface area contributed by atoms with Gasteiger partial charge in [-0.3, -0.25) is 4.79 Å². The summed E-state index contributed by atoms with van der Waals surface area (Å²) < 4.78 is 5.76. The highest BCUT2D eigenvalue weighted by Gasteiger charge is 2.12. The van der Waals surface area contributed by atoms with Gasteiger partial charge in [0.1, 0.15) is 0 Å². The van der Waals surface area contributed by atoms with Crippen LogP contribution in [-0.2, 0) is 9.53 Å². The Morgan fingerprint density at radius 3 is 2.89 bits per heavy atom. The zero-order valence-electron chi connectivity index (χ0n) is 10.9. The molecule has 0 heterocycles. The maximum absolute atomic E-state index is 11.4. The Kier molecular flexibility index (Phi) is 7.42. The van der Waals surface area contributed by atoms with E-state index >= 15 is 0 Å². The predicted molar refractivity (Wildman–Crippen MR) is 79.2 cm³/mol. The molecule has 0 aliphatic rings. The van der Waals surface area contributed by atoms with Crippen molar-refractivity contribution < 1.29 is 14.6 Å². The number of hydrogen-bond donors (Lipinski definition) is 1. The molecule has 1 unspecified atom stereocenters. The largest absolute Gasteiger partial charge is 0.466 e. The van der Waals surface area contributed by atoms with Gasteiger partial charge in [0.05, 0.1) is 17.7 Å². The van der Waals surface area contributed by atoms with Crippen LogP contribution in [0.15, 0.2) is 22.7 Å². The van der Waals surface area contributed by atoms with Crippen LogP contribution in [0.1, 0.15) is 44.3 Å². The monoisotopic (exact) mass is 348 g/mol. The van der Waals surface area contributed by atoms with Crippen molar-refractivity contribution in [1.82, 2.24) is 0 Å². The van der Waals surface area contributed by atoms with Gasteiger partial charge in [-0.1, -0.05) is 31.0 Å². The van der Waals surface area contributed by atoms with E-state index in [4.69, 9.17) is 16.3 Å². The van der Waals surface area contributed by atoms with Crippen molar-refractivity contribution in [2.75, 3.05) is 6.61 Å². The Morgan fingerprint density at radius 2 is 2.26 bits per heavy atom. The van der Waals surface area contributed by atoms with Gasteiger partial charge in [-0.15, -0.1) is 0 Å². The smallest absolute Gasteiger partial charge is 0.305 e. The van der Waals surface area contributed by atoms with Gasteiger partial charge in [0.2, 0.25) is 0 Å². The van der Waals surface area contributed by atoms with Crippen LogP contribution in [0.3, 0.4) is 0 Å². The van der Waals surface area contributed by atoms with Gasteiger partial charge in [-0.2, -0.15) is 0 Å². The first-order chi connectivity index (χ1) is 9.04. The molecular weight excluding hydrogens is 332 g/mol. The van der Waals surface area contributed by atoms with Crippen molar-refractivity contribution in [2.24, 2.45) is 0 Å². The van der Waals surface area contributed by atoms with E-state index in [1.807, 2.05) is 6.92 Å². The van der Waals surface area contributed by atoms with Gasteiger partial charge in [-0.25, -0.2) is 0 Å². The number of carbonyl (C=O) groups excluding carboxylic acids is 1. The van der Waals surface area contributed by atoms with Gasteiger partial charge < -0.3 is 9.84 Å². The van der Waals surface area contributed by atoms with Crippen LogP contribution in [0.25, 0.3) is 0 Å². The third-order valence-corrected chi connectivity index (χ3v) is 3.93. The quantitative estimate of drug-likeness (QED) is 0.591. The molecule has 19 heavy (non-hydrogen) atoms. The van der Waals surface area contributed by atoms with Crippen molar-refractivity contribution >= 4 is 33.5 Å². The molecule has 3 nitrogen and oxygen atoms in total. The summed E-state index contributed by atoms with van der Waals surface area (Å²) in [5, 5.41) is 10.6. The highest BCUT2D eigenvalue weighted by atomic mass is 79.9. The topological polar surface area (TPSA) is 46.5 Å². The molecule has 1 aromatic rings. The predicted octanol–water partition coefficient (Wildman–Crippen LogP) is 4.26. The lowest BCUT2D eigenvalue weighted by molar-refractivity contribution is -0.144.